The molecule has 10 rings (SSSR count). The van der Waals surface area contributed by atoms with Gasteiger partial charge in [0, 0.05) is 73.1 Å². The molecule has 5 aromatic carbocycles. The Bertz CT molecular complexity index is 4030. The van der Waals surface area contributed by atoms with E-state index >= 15 is 9.59 Å². The zero-order valence-electron chi connectivity index (χ0n) is 59.9. The van der Waals surface area contributed by atoms with Crippen molar-refractivity contribution in [3.8, 4) is 11.5 Å². The lowest BCUT2D eigenvalue weighted by atomic mass is 9.46. The number of aliphatic hydroxyl groups is 2. The van der Waals surface area contributed by atoms with E-state index in [9.17, 15) is 48.6 Å². The minimum Gasteiger partial charge on any atom is -0.493 e. The number of hydrogen-bond donors (Lipinski definition) is 4. The molecule has 0 radical (unpaired) electrons. The van der Waals surface area contributed by atoms with E-state index in [-0.39, 0.29) is 67.5 Å². The van der Waals surface area contributed by atoms with Gasteiger partial charge in [-0.1, -0.05) is 120 Å². The molecule has 0 spiro atoms. The number of ketones is 2. The fourth-order valence-electron chi connectivity index (χ4n) is 15.3. The molecule has 23 nitrogen and oxygen atoms in total. The van der Waals surface area contributed by atoms with Crippen LogP contribution in [0.25, 0.3) is 0 Å². The number of ether oxygens (including phenoxy) is 8. The van der Waals surface area contributed by atoms with Gasteiger partial charge >= 0.3 is 29.8 Å². The van der Waals surface area contributed by atoms with Crippen molar-refractivity contribution in [3.63, 3.8) is 0 Å². The van der Waals surface area contributed by atoms with Gasteiger partial charge in [-0.05, 0) is 135 Å². The zero-order chi connectivity index (χ0) is 74.3. The van der Waals surface area contributed by atoms with E-state index in [4.69, 9.17) is 37.9 Å². The highest BCUT2D eigenvalue weighted by Crippen LogP contribution is 2.63. The molecule has 5 aliphatic rings. The summed E-state index contributed by atoms with van der Waals surface area (Å²) in [5.74, 6) is -8.70. The number of nitrogens with one attached hydrogen (secondary N) is 2. The number of methoxy groups -OCH3 is 2. The molecule has 2 bridgehead atoms. The lowest BCUT2D eigenvalue weighted by Gasteiger charge is -2.64. The Kier molecular flexibility index (Phi) is 23.6. The largest absolute Gasteiger partial charge is 0.493 e. The number of benzene rings is 5. The van der Waals surface area contributed by atoms with Gasteiger partial charge in [0.2, 0.25) is 17.8 Å². The number of Topliss-reactive ketones (excluding diaryl/α,β-unsaturated/α-hetero) is 2. The first-order chi connectivity index (χ1) is 49.1. The summed E-state index contributed by atoms with van der Waals surface area (Å²) in [4.78, 5) is 145. The summed E-state index contributed by atoms with van der Waals surface area (Å²) in [6.45, 7) is 12.9. The Morgan fingerprint density at radius 1 is 0.767 bits per heavy atom. The predicted molar refractivity (Wildman–Crippen MR) is 375 cm³/mol. The van der Waals surface area contributed by atoms with E-state index in [2.05, 4.69) is 10.6 Å². The zero-order valence-corrected chi connectivity index (χ0v) is 59.9. The van der Waals surface area contributed by atoms with Crippen molar-refractivity contribution in [3.05, 3.63) is 172 Å². The highest BCUT2D eigenvalue weighted by atomic mass is 16.6. The molecule has 2 saturated carbocycles. The number of hydrogen-bond acceptors (Lipinski definition) is 20. The molecule has 2 saturated heterocycles. The molecule has 4 fully saturated rings. The molecule has 103 heavy (non-hydrogen) atoms. The topological polar surface area (TPSA) is 312 Å². The summed E-state index contributed by atoms with van der Waals surface area (Å²) in [7, 11) is 3.05. The number of rotatable bonds is 26. The highest BCUT2D eigenvalue weighted by molar-refractivity contribution is 6.38. The van der Waals surface area contributed by atoms with Crippen LogP contribution in [-0.2, 0) is 73.2 Å². The van der Waals surface area contributed by atoms with E-state index in [0.29, 0.717) is 54.0 Å². The van der Waals surface area contributed by atoms with E-state index in [1.54, 1.807) is 137 Å². The number of carbonyl (C=O) groups excluding carboxylic acids is 10. The fourth-order valence-corrected chi connectivity index (χ4v) is 15.3. The quantitative estimate of drug-likeness (QED) is 0.0173. The average molecular weight is 1420 g/mol. The first kappa shape index (κ1) is 76.1. The third-order valence-electron chi connectivity index (χ3n) is 21.8. The van der Waals surface area contributed by atoms with Crippen LogP contribution in [0.15, 0.2) is 145 Å². The van der Waals surface area contributed by atoms with Crippen LogP contribution in [0, 0.1) is 28.1 Å². The van der Waals surface area contributed by atoms with Crippen molar-refractivity contribution < 1.29 is 96.1 Å². The first-order valence-corrected chi connectivity index (χ1v) is 35.2. The van der Waals surface area contributed by atoms with Crippen molar-refractivity contribution in [2.75, 3.05) is 32.7 Å². The van der Waals surface area contributed by atoms with Crippen LogP contribution in [0.1, 0.15) is 169 Å². The Labute approximate surface area is 599 Å². The second-order valence-electron chi connectivity index (χ2n) is 28.8. The average Bonchev–Trinajstić information content (AvgIpc) is 0.681. The van der Waals surface area contributed by atoms with E-state index in [1.165, 1.54) is 45.1 Å². The molecule has 5 aromatic rings. The van der Waals surface area contributed by atoms with E-state index < -0.39 is 160 Å². The van der Waals surface area contributed by atoms with Gasteiger partial charge in [0.05, 0.1) is 44.0 Å². The minimum absolute atomic E-state index is 0.00516. The smallest absolute Gasteiger partial charge is 0.350 e. The second kappa shape index (κ2) is 32.0. The molecule has 9 unspecified atom stereocenters. The maximum Gasteiger partial charge on any atom is 0.350 e. The number of carbonyl (C=O) groups is 10. The predicted octanol–water partition coefficient (Wildman–Crippen LogP) is 10.0. The van der Waals surface area contributed by atoms with Gasteiger partial charge in [0.25, 0.3) is 11.8 Å². The Balaban J connectivity index is 0.926. The molecule has 3 aliphatic carbocycles. The summed E-state index contributed by atoms with van der Waals surface area (Å²) < 4.78 is 48.5. The van der Waals surface area contributed by atoms with E-state index in [1.807, 2.05) is 19.1 Å². The van der Waals surface area contributed by atoms with Crippen LogP contribution < -0.4 is 20.1 Å². The maximum absolute atomic E-state index is 15.7. The summed E-state index contributed by atoms with van der Waals surface area (Å²) in [6, 6.07) is 33.9. The third kappa shape index (κ3) is 16.0. The SMILES string of the molecule is CCC(C)(C)C(=O)C(=O)N1CCCCC1C(=O)OC(CCc1ccc(OC)c(OC)c1)c1cccc(NC(=O)CCCC(=O)O[C@@H](C(=O)O[C@H]2CC3(O)[C@@H](OC(=O)c4ccccc4)C4C5COC5CC(O)C4(C)C(=O)C(OC(C)=O)C(=C2C)C3(C)C)[C@@H](NC(=O)c2ccccc2)c2ccccc2)c1. The highest BCUT2D eigenvalue weighted by Gasteiger charge is 2.73. The van der Waals surface area contributed by atoms with Crippen molar-refractivity contribution in [1.29, 1.82) is 0 Å². The molecule has 23 heteroatoms. The standard InChI is InChI=1S/C80H93N3O20/c1-11-77(4,5)70(89)73(91)83-40-22-21-33-55(83)75(93)100-56(38-36-48-37-39-57(96-9)59(41-48)97-10)52-31-23-32-53(42-52)81-62(86)34-24-35-63(87)102-68(66(49-25-15-12-16-26-49)82-72(90)50-27-17-13-18-28-50)76(94)101-60-44-80(95)71(103-74(92)51-29-19-14-20-30-51)65-54-45-98-58(54)43-61(85)79(65,8)69(88)67(99-47(3)84)64(46(60)2)78(80,6)7/h12-20,23,25-32,37,39,41-42,54-56,58,60-61,65-68,71,85,95H,11,21-22,24,33-36,38,40,43-45H2,1-10H3,(H,81,86)(H,82,90)/t54?,55?,56?,58?,60-,61?,65?,66-,67?,68+,71-,79?,80?/m0/s1. The van der Waals surface area contributed by atoms with E-state index in [0.717, 1.165) is 12.5 Å². The van der Waals surface area contributed by atoms with Gasteiger partial charge in [-0.25, -0.2) is 14.4 Å². The molecule has 548 valence electrons. The Hall–Kier alpha value is -9.58. The number of nitrogens with zero attached hydrogens (tertiary/aromatic N) is 1. The van der Waals surface area contributed by atoms with Gasteiger partial charge in [-0.2, -0.15) is 0 Å². The van der Waals surface area contributed by atoms with Crippen molar-refractivity contribution in [2.24, 2.45) is 28.1 Å². The lowest BCUT2D eigenvalue weighted by molar-refractivity contribution is -0.277. The summed E-state index contributed by atoms with van der Waals surface area (Å²) in [6.07, 6.45) is -8.84. The van der Waals surface area contributed by atoms with Crippen LogP contribution in [0.3, 0.4) is 0 Å². The normalized spacial score (nSPS) is 25.0. The number of aliphatic hydroxyl groups excluding tert-OH is 1. The number of esters is 5. The van der Waals surface area contributed by atoms with Crippen LogP contribution in [-0.4, -0.2) is 150 Å². The number of aryl methyl sites for hydroxylation is 1. The molecule has 3 amide bonds. The molecule has 2 aliphatic heterocycles. The summed E-state index contributed by atoms with van der Waals surface area (Å²) >= 11 is 0. The van der Waals surface area contributed by atoms with Crippen LogP contribution >= 0.6 is 0 Å². The fraction of sp³-hybridized carbons (Fsp3) is 0.475. The Morgan fingerprint density at radius 2 is 1.43 bits per heavy atom. The number of anilines is 1. The molecule has 4 N–H and O–H groups in total. The molecular weight excluding hydrogens is 1320 g/mol. The number of piperidine rings is 1. The first-order valence-electron chi connectivity index (χ1n) is 35.2. The Morgan fingerprint density at radius 3 is 2.07 bits per heavy atom. The number of likely N-dealkylation sites (tertiary alicyclic amines) is 1. The molecule has 13 atom stereocenters. The summed E-state index contributed by atoms with van der Waals surface area (Å²) in [5.41, 5.74) is -4.38. The van der Waals surface area contributed by atoms with Crippen LogP contribution in [0.4, 0.5) is 5.69 Å². The van der Waals surface area contributed by atoms with Gasteiger partial charge in [-0.15, -0.1) is 0 Å². The van der Waals surface area contributed by atoms with Crippen LogP contribution in [0.5, 0.6) is 11.5 Å². The number of amides is 3. The monoisotopic (exact) mass is 1420 g/mol. The maximum atomic E-state index is 15.7. The van der Waals surface area contributed by atoms with Crippen molar-refractivity contribution in [2.45, 2.75) is 186 Å². The minimum atomic E-state index is -2.33. The third-order valence-corrected chi connectivity index (χ3v) is 21.8. The molecule has 2 heterocycles. The van der Waals surface area contributed by atoms with Gasteiger partial charge < -0.3 is 63.6 Å². The lowest BCUT2D eigenvalue weighted by Crippen LogP contribution is -2.75. The number of fused-ring (bicyclic) bond motifs is 5. The second-order valence-corrected chi connectivity index (χ2v) is 28.8. The molecular formula is C80H93N3O20. The van der Waals surface area contributed by atoms with Crippen molar-refractivity contribution in [1.82, 2.24) is 10.2 Å². The van der Waals surface area contributed by atoms with Gasteiger partial charge in [0.15, 0.2) is 23.4 Å². The molecule has 0 aromatic heterocycles. The van der Waals surface area contributed by atoms with Gasteiger partial charge in [-0.3, -0.25) is 33.6 Å². The van der Waals surface area contributed by atoms with Gasteiger partial charge in [0.1, 0.15) is 36.0 Å². The summed E-state index contributed by atoms with van der Waals surface area (Å²) in [5, 5.41) is 32.0. The van der Waals surface area contributed by atoms with Crippen LogP contribution in [0.2, 0.25) is 0 Å². The van der Waals surface area contributed by atoms with Crippen molar-refractivity contribution >= 4 is 64.8 Å².